The third-order valence-electron chi connectivity index (χ3n) is 6.56. The molecular formula is C26H21F4N3O4S. The summed E-state index contributed by atoms with van der Waals surface area (Å²) in [5, 5.41) is 1.45. The number of aromatic nitrogens is 1. The highest BCUT2D eigenvalue weighted by molar-refractivity contribution is 7.98. The van der Waals surface area contributed by atoms with Crippen molar-refractivity contribution in [3.63, 3.8) is 0 Å². The summed E-state index contributed by atoms with van der Waals surface area (Å²) in [7, 11) is 0. The number of esters is 1. The van der Waals surface area contributed by atoms with E-state index in [1.807, 2.05) is 12.1 Å². The smallest absolute Gasteiger partial charge is 0.408 e. The molecule has 3 aromatic rings. The summed E-state index contributed by atoms with van der Waals surface area (Å²) in [6, 6.07) is 9.46. The minimum Gasteiger partial charge on any atom is -0.420 e. The summed E-state index contributed by atoms with van der Waals surface area (Å²) in [5.74, 6) is -2.74. The van der Waals surface area contributed by atoms with E-state index in [1.54, 1.807) is 18.2 Å². The molecule has 0 spiro atoms. The lowest BCUT2D eigenvalue weighted by atomic mass is 9.94. The number of benzene rings is 2. The Kier molecular flexibility index (Phi) is 6.46. The first-order valence-corrected chi connectivity index (χ1v) is 12.5. The Labute approximate surface area is 218 Å². The molecule has 2 aromatic carbocycles. The number of pyridine rings is 1. The van der Waals surface area contributed by atoms with Crippen LogP contribution in [-0.4, -0.2) is 40.3 Å². The van der Waals surface area contributed by atoms with Crippen molar-refractivity contribution in [2.45, 2.75) is 42.8 Å². The van der Waals surface area contributed by atoms with Gasteiger partial charge in [0.05, 0.1) is 6.04 Å². The number of halogens is 4. The second-order valence-corrected chi connectivity index (χ2v) is 9.96. The summed E-state index contributed by atoms with van der Waals surface area (Å²) >= 11 is 1.45. The quantitative estimate of drug-likeness (QED) is 0.353. The van der Waals surface area contributed by atoms with Crippen LogP contribution in [-0.2, 0) is 10.5 Å². The molecule has 2 aliphatic rings. The van der Waals surface area contributed by atoms with Crippen molar-refractivity contribution in [2.75, 3.05) is 11.7 Å². The zero-order valence-corrected chi connectivity index (χ0v) is 21.0. The Bertz CT molecular complexity index is 1510. The number of amides is 1. The van der Waals surface area contributed by atoms with Gasteiger partial charge in [0.2, 0.25) is 11.2 Å². The summed E-state index contributed by atoms with van der Waals surface area (Å²) in [4.78, 5) is 39.2. The molecule has 3 heterocycles. The van der Waals surface area contributed by atoms with Gasteiger partial charge in [-0.05, 0) is 41.8 Å². The average Bonchev–Trinajstić information content (AvgIpc) is 3.01. The van der Waals surface area contributed by atoms with Crippen LogP contribution in [0.1, 0.15) is 47.1 Å². The molecular weight excluding hydrogens is 526 g/mol. The molecule has 12 heteroatoms. The molecule has 0 N–H and O–H groups in total. The number of hydrogen-bond acceptors (Lipinski definition) is 6. The number of ether oxygens (including phenoxy) is 1. The summed E-state index contributed by atoms with van der Waals surface area (Å²) in [6.45, 7) is 1.31. The van der Waals surface area contributed by atoms with Crippen LogP contribution in [0.2, 0.25) is 0 Å². The lowest BCUT2D eigenvalue weighted by Gasteiger charge is -2.46. The van der Waals surface area contributed by atoms with Crippen molar-refractivity contribution < 1.29 is 31.9 Å². The van der Waals surface area contributed by atoms with E-state index < -0.39 is 59.5 Å². The second-order valence-electron chi connectivity index (χ2n) is 8.94. The Balaban J connectivity index is 1.81. The van der Waals surface area contributed by atoms with Crippen LogP contribution < -0.4 is 15.2 Å². The molecule has 5 rings (SSSR count). The van der Waals surface area contributed by atoms with Gasteiger partial charge in [0, 0.05) is 29.8 Å². The summed E-state index contributed by atoms with van der Waals surface area (Å²) in [5.41, 5.74) is 0.672. The van der Waals surface area contributed by atoms with Gasteiger partial charge in [0.25, 0.3) is 5.91 Å². The van der Waals surface area contributed by atoms with E-state index in [9.17, 15) is 31.9 Å². The number of nitrogens with zero attached hydrogens (tertiary/aromatic N) is 3. The molecule has 0 unspecified atom stereocenters. The van der Waals surface area contributed by atoms with E-state index in [-0.39, 0.29) is 0 Å². The minimum atomic E-state index is -4.79. The average molecular weight is 548 g/mol. The predicted molar refractivity (Wildman–Crippen MR) is 131 cm³/mol. The zero-order chi connectivity index (χ0) is 27.4. The highest BCUT2D eigenvalue weighted by Gasteiger charge is 2.48. The first-order chi connectivity index (χ1) is 18.0. The molecule has 0 aliphatic carbocycles. The number of carbonyl (C=O) groups excluding carboxylic acids is 2. The molecule has 0 bridgehead atoms. The molecule has 2 aliphatic heterocycles. The van der Waals surface area contributed by atoms with Crippen LogP contribution in [0.3, 0.4) is 0 Å². The fourth-order valence-electron chi connectivity index (χ4n) is 4.71. The first-order valence-electron chi connectivity index (χ1n) is 11.6. The van der Waals surface area contributed by atoms with Gasteiger partial charge in [-0.15, -0.1) is 11.8 Å². The highest BCUT2D eigenvalue weighted by Crippen LogP contribution is 2.43. The number of fused-ring (bicyclic) bond motifs is 3. The number of carbonyl (C=O) groups is 2. The Morgan fingerprint density at radius 1 is 1.11 bits per heavy atom. The van der Waals surface area contributed by atoms with E-state index in [2.05, 4.69) is 0 Å². The van der Waals surface area contributed by atoms with E-state index in [1.165, 1.54) is 39.8 Å². The van der Waals surface area contributed by atoms with Gasteiger partial charge in [-0.25, -0.2) is 4.39 Å². The first kappa shape index (κ1) is 25.8. The van der Waals surface area contributed by atoms with Crippen LogP contribution in [0, 0.1) is 5.82 Å². The molecule has 0 radical (unpaired) electrons. The van der Waals surface area contributed by atoms with Crippen molar-refractivity contribution in [2.24, 2.45) is 0 Å². The van der Waals surface area contributed by atoms with Gasteiger partial charge in [0.15, 0.2) is 5.69 Å². The van der Waals surface area contributed by atoms with Crippen LogP contribution in [0.5, 0.6) is 5.75 Å². The van der Waals surface area contributed by atoms with Gasteiger partial charge < -0.3 is 9.64 Å². The van der Waals surface area contributed by atoms with Crippen LogP contribution in [0.25, 0.3) is 0 Å². The third-order valence-corrected chi connectivity index (χ3v) is 7.70. The maximum Gasteiger partial charge on any atom is 0.408 e. The minimum absolute atomic E-state index is 0.479. The number of alkyl halides is 3. The van der Waals surface area contributed by atoms with E-state index >= 15 is 0 Å². The van der Waals surface area contributed by atoms with Gasteiger partial charge in [-0.3, -0.25) is 24.1 Å². The van der Waals surface area contributed by atoms with Crippen molar-refractivity contribution in [1.29, 1.82) is 0 Å². The zero-order valence-electron chi connectivity index (χ0n) is 20.2. The number of hydrogen-bond donors (Lipinski definition) is 0. The molecule has 0 saturated heterocycles. The van der Waals surface area contributed by atoms with Gasteiger partial charge >= 0.3 is 12.1 Å². The Morgan fingerprint density at radius 2 is 1.84 bits per heavy atom. The highest BCUT2D eigenvalue weighted by atomic mass is 32.2. The van der Waals surface area contributed by atoms with Gasteiger partial charge in [-0.1, -0.05) is 24.3 Å². The molecule has 0 fully saturated rings. The molecule has 198 valence electrons. The predicted octanol–water partition coefficient (Wildman–Crippen LogP) is 4.61. The lowest BCUT2D eigenvalue weighted by molar-refractivity contribution is -0.173. The molecule has 0 saturated carbocycles. The molecule has 7 nitrogen and oxygen atoms in total. The molecule has 1 amide bonds. The lowest BCUT2D eigenvalue weighted by Crippen LogP contribution is -2.60. The monoisotopic (exact) mass is 547 g/mol. The Hall–Kier alpha value is -3.80. The third kappa shape index (κ3) is 4.42. The topological polar surface area (TPSA) is 71.8 Å². The molecule has 1 aromatic heterocycles. The molecule has 38 heavy (non-hydrogen) atoms. The fraction of sp³-hybridized carbons (Fsp3) is 0.269. The van der Waals surface area contributed by atoms with Crippen molar-refractivity contribution in [1.82, 2.24) is 9.58 Å². The van der Waals surface area contributed by atoms with Crippen LogP contribution >= 0.6 is 11.8 Å². The van der Waals surface area contributed by atoms with E-state index in [0.29, 0.717) is 26.7 Å². The van der Waals surface area contributed by atoms with E-state index in [0.717, 1.165) is 25.5 Å². The number of thioether (sulfide) groups is 1. The maximum atomic E-state index is 14.6. The summed E-state index contributed by atoms with van der Waals surface area (Å²) < 4.78 is 62.6. The molecule has 2 atom stereocenters. The van der Waals surface area contributed by atoms with Gasteiger partial charge in [-0.2, -0.15) is 13.2 Å². The second kappa shape index (κ2) is 9.50. The van der Waals surface area contributed by atoms with Crippen LogP contribution in [0.4, 0.5) is 17.6 Å². The normalized spacial score (nSPS) is 17.7. The fourth-order valence-corrected chi connectivity index (χ4v) is 5.78. The van der Waals surface area contributed by atoms with Crippen molar-refractivity contribution >= 4 is 23.6 Å². The maximum absolute atomic E-state index is 14.6. The van der Waals surface area contributed by atoms with Crippen molar-refractivity contribution in [3.05, 3.63) is 93.2 Å². The SMILES string of the molecule is CC(=O)Oc1c2n(ccc1=O)N([C@H]1c3ccccc3CSc3ccc(F)cc31)CN([C@@H](C)C(F)(F)F)C2=O. The van der Waals surface area contributed by atoms with Gasteiger partial charge in [0.1, 0.15) is 18.5 Å². The van der Waals surface area contributed by atoms with Crippen LogP contribution in [0.15, 0.2) is 64.4 Å². The van der Waals surface area contributed by atoms with E-state index in [4.69, 9.17) is 4.74 Å². The standard InChI is InChI=1S/C26H21F4N3O4S/c1-14(26(28,29)30)31-13-33(32-10-9-20(35)24(37-15(2)34)23(32)25(31)36)22-18-6-4-3-5-16(18)12-38-21-8-7-17(27)11-19(21)22/h3-11,14,22H,12-13H2,1-2H3/t14-,22-/m0/s1. The summed E-state index contributed by atoms with van der Waals surface area (Å²) in [6.07, 6.45) is -3.54. The van der Waals surface area contributed by atoms with Crippen molar-refractivity contribution in [3.8, 4) is 5.75 Å². The largest absolute Gasteiger partial charge is 0.420 e. The Morgan fingerprint density at radius 3 is 2.55 bits per heavy atom. The number of rotatable bonds is 3.